The number of hydrogen-bond acceptors (Lipinski definition) is 2. The molecule has 54 valence electrons. The first-order valence-corrected chi connectivity index (χ1v) is 6.82. The molecule has 1 fully saturated rings. The van der Waals surface area contributed by atoms with Crippen LogP contribution >= 0.6 is 30.3 Å². The smallest absolute Gasteiger partial charge is 0.0179 e. The Balaban J connectivity index is 2.08. The summed E-state index contributed by atoms with van der Waals surface area (Å²) in [6, 6.07) is 0.806. The summed E-state index contributed by atoms with van der Waals surface area (Å²) < 4.78 is 3.39. The molecule has 1 aliphatic carbocycles. The lowest BCUT2D eigenvalue weighted by molar-refractivity contribution is 0.424. The first-order valence-electron chi connectivity index (χ1n) is 3.46. The van der Waals surface area contributed by atoms with Crippen molar-refractivity contribution in [3.63, 3.8) is 0 Å². The quantitative estimate of drug-likeness (QED) is 0.603. The molecule has 0 bridgehead atoms. The average Bonchev–Trinajstić information content (AvgIpc) is 1.91. The van der Waals surface area contributed by atoms with Crippen molar-refractivity contribution in [1.29, 1.82) is 0 Å². The zero-order valence-electron chi connectivity index (χ0n) is 5.40. The van der Waals surface area contributed by atoms with E-state index >= 15 is 0 Å². The number of hydrogen-bond donors (Lipinski definition) is 1. The van der Waals surface area contributed by atoms with Crippen molar-refractivity contribution in [2.24, 2.45) is 0 Å². The van der Waals surface area contributed by atoms with E-state index < -0.39 is 0 Å². The number of nitrogens with one attached hydrogen (secondary N) is 1. The second-order valence-corrected chi connectivity index (χ2v) is 4.24. The van der Waals surface area contributed by atoms with Crippen LogP contribution in [-0.2, 0) is 0 Å². The van der Waals surface area contributed by atoms with Crippen LogP contribution in [0, 0.1) is 0 Å². The van der Waals surface area contributed by atoms with E-state index in [2.05, 4.69) is 25.9 Å². The Morgan fingerprint density at radius 1 is 1.22 bits per heavy atom. The maximum atomic E-state index is 3.39. The van der Waals surface area contributed by atoms with Gasteiger partial charge >= 0.3 is 0 Å². The van der Waals surface area contributed by atoms with Crippen LogP contribution in [0.15, 0.2) is 0 Å². The standard InChI is InChI=1S/C6H12INS/c7-9-8-6-4-2-1-3-5-6/h6,8H,1-5H2. The van der Waals surface area contributed by atoms with E-state index in [9.17, 15) is 0 Å². The van der Waals surface area contributed by atoms with Gasteiger partial charge in [0.25, 0.3) is 0 Å². The summed E-state index contributed by atoms with van der Waals surface area (Å²) in [6.45, 7) is 0. The van der Waals surface area contributed by atoms with Crippen molar-refractivity contribution in [3.05, 3.63) is 0 Å². The van der Waals surface area contributed by atoms with Gasteiger partial charge in [0.15, 0.2) is 0 Å². The molecular weight excluding hydrogens is 245 g/mol. The molecule has 0 atom stereocenters. The van der Waals surface area contributed by atoms with Crippen molar-refractivity contribution in [2.45, 2.75) is 38.1 Å². The molecule has 0 radical (unpaired) electrons. The van der Waals surface area contributed by atoms with Crippen molar-refractivity contribution in [1.82, 2.24) is 4.72 Å². The summed E-state index contributed by atoms with van der Waals surface area (Å²) >= 11 is 2.30. The third-order valence-corrected chi connectivity index (χ3v) is 3.00. The monoisotopic (exact) mass is 257 g/mol. The van der Waals surface area contributed by atoms with Crippen LogP contribution in [0.3, 0.4) is 0 Å². The van der Waals surface area contributed by atoms with Gasteiger partial charge in [0.1, 0.15) is 0 Å². The molecule has 0 aromatic rings. The maximum absolute atomic E-state index is 3.39. The molecule has 0 spiro atoms. The fourth-order valence-corrected chi connectivity index (χ4v) is 2.72. The van der Waals surface area contributed by atoms with Crippen LogP contribution in [0.5, 0.6) is 0 Å². The van der Waals surface area contributed by atoms with Crippen molar-refractivity contribution in [2.75, 3.05) is 0 Å². The molecule has 0 heterocycles. The van der Waals surface area contributed by atoms with Gasteiger partial charge in [-0.1, -0.05) is 19.3 Å². The van der Waals surface area contributed by atoms with E-state index in [1.807, 2.05) is 0 Å². The minimum atomic E-state index is 0.806. The van der Waals surface area contributed by atoms with Crippen LogP contribution in [0.1, 0.15) is 32.1 Å². The summed E-state index contributed by atoms with van der Waals surface area (Å²) in [6.07, 6.45) is 7.07. The molecule has 1 N–H and O–H groups in total. The molecule has 3 heteroatoms. The third-order valence-electron chi connectivity index (χ3n) is 1.82. The van der Waals surface area contributed by atoms with Crippen LogP contribution in [0.4, 0.5) is 0 Å². The van der Waals surface area contributed by atoms with Gasteiger partial charge in [-0.25, -0.2) is 0 Å². The van der Waals surface area contributed by atoms with Gasteiger partial charge in [0.05, 0.1) is 0 Å². The minimum Gasteiger partial charge on any atom is -0.252 e. The second-order valence-electron chi connectivity index (χ2n) is 2.53. The first-order chi connectivity index (χ1) is 4.43. The van der Waals surface area contributed by atoms with Crippen molar-refractivity contribution < 1.29 is 0 Å². The third kappa shape index (κ3) is 3.09. The van der Waals surface area contributed by atoms with Gasteiger partial charge in [0, 0.05) is 27.2 Å². The summed E-state index contributed by atoms with van der Waals surface area (Å²) in [7, 11) is 1.73. The topological polar surface area (TPSA) is 12.0 Å². The van der Waals surface area contributed by atoms with E-state index in [1.54, 1.807) is 9.12 Å². The van der Waals surface area contributed by atoms with E-state index in [0.717, 1.165) is 6.04 Å². The molecular formula is C6H12INS. The van der Waals surface area contributed by atoms with Crippen LogP contribution in [0.25, 0.3) is 0 Å². The van der Waals surface area contributed by atoms with Gasteiger partial charge in [-0.3, -0.25) is 4.72 Å². The predicted molar refractivity (Wildman–Crippen MR) is 51.6 cm³/mol. The highest BCUT2D eigenvalue weighted by molar-refractivity contribution is 14.2. The zero-order valence-corrected chi connectivity index (χ0v) is 8.37. The average molecular weight is 257 g/mol. The lowest BCUT2D eigenvalue weighted by atomic mass is 9.96. The highest BCUT2D eigenvalue weighted by Gasteiger charge is 2.11. The van der Waals surface area contributed by atoms with Crippen molar-refractivity contribution in [3.8, 4) is 0 Å². The normalized spacial score (nSPS) is 22.3. The fraction of sp³-hybridized carbons (Fsp3) is 1.00. The van der Waals surface area contributed by atoms with Gasteiger partial charge in [-0.15, -0.1) is 0 Å². The summed E-state index contributed by atoms with van der Waals surface area (Å²) in [4.78, 5) is 0. The SMILES string of the molecule is ISNC1CCCCC1. The second kappa shape index (κ2) is 4.79. The summed E-state index contributed by atoms with van der Waals surface area (Å²) in [5, 5.41) is 0. The molecule has 0 aromatic carbocycles. The summed E-state index contributed by atoms with van der Waals surface area (Å²) in [5.74, 6) is 0. The Hall–Kier alpha value is 1.04. The highest BCUT2D eigenvalue weighted by atomic mass is 127. The number of rotatable bonds is 2. The van der Waals surface area contributed by atoms with E-state index in [-0.39, 0.29) is 0 Å². The van der Waals surface area contributed by atoms with Gasteiger partial charge in [-0.05, 0) is 22.0 Å². The van der Waals surface area contributed by atoms with Gasteiger partial charge in [0.2, 0.25) is 0 Å². The van der Waals surface area contributed by atoms with Crippen molar-refractivity contribution >= 4 is 30.3 Å². The van der Waals surface area contributed by atoms with E-state index in [0.29, 0.717) is 0 Å². The van der Waals surface area contributed by atoms with Crippen LogP contribution in [0.2, 0.25) is 0 Å². The molecule has 1 rings (SSSR count). The van der Waals surface area contributed by atoms with Crippen LogP contribution in [-0.4, -0.2) is 6.04 Å². The molecule has 9 heavy (non-hydrogen) atoms. The molecule has 1 nitrogen and oxygen atoms in total. The Bertz CT molecular complexity index is 70.7. The molecule has 1 saturated carbocycles. The largest absolute Gasteiger partial charge is 0.252 e. The molecule has 0 unspecified atom stereocenters. The lowest BCUT2D eigenvalue weighted by Crippen LogP contribution is -2.24. The zero-order chi connectivity index (χ0) is 6.53. The van der Waals surface area contributed by atoms with Gasteiger partial charge in [-0.2, -0.15) is 0 Å². The predicted octanol–water partition coefficient (Wildman–Crippen LogP) is 2.91. The fourth-order valence-electron chi connectivity index (χ4n) is 1.28. The first kappa shape index (κ1) is 8.14. The molecule has 0 saturated heterocycles. The Labute approximate surface area is 73.1 Å². The van der Waals surface area contributed by atoms with Crippen LogP contribution < -0.4 is 4.72 Å². The van der Waals surface area contributed by atoms with E-state index in [1.165, 1.54) is 32.1 Å². The molecule has 1 aliphatic rings. The Morgan fingerprint density at radius 3 is 2.44 bits per heavy atom. The highest BCUT2D eigenvalue weighted by Crippen LogP contribution is 2.20. The lowest BCUT2D eigenvalue weighted by Gasteiger charge is -2.20. The Morgan fingerprint density at radius 2 is 1.89 bits per heavy atom. The van der Waals surface area contributed by atoms with Gasteiger partial charge < -0.3 is 0 Å². The number of halogens is 1. The minimum absolute atomic E-state index is 0.806. The molecule has 0 amide bonds. The summed E-state index contributed by atoms with van der Waals surface area (Å²) in [5.41, 5.74) is 0. The van der Waals surface area contributed by atoms with E-state index in [4.69, 9.17) is 0 Å². The molecule has 0 aromatic heterocycles. The Kier molecular flexibility index (Phi) is 4.34. The molecule has 0 aliphatic heterocycles. The maximum Gasteiger partial charge on any atom is 0.0179 e.